The highest BCUT2D eigenvalue weighted by atomic mass is 32.2. The summed E-state index contributed by atoms with van der Waals surface area (Å²) in [5, 5.41) is 3.20. The van der Waals surface area contributed by atoms with E-state index in [9.17, 15) is 8.42 Å². The minimum Gasteiger partial charge on any atom is -0.313 e. The largest absolute Gasteiger partial charge is 0.313 e. The van der Waals surface area contributed by atoms with Gasteiger partial charge in [-0.05, 0) is 37.4 Å². The number of thioether (sulfide) groups is 1. The molecule has 0 saturated heterocycles. The topological polar surface area (TPSA) is 58.2 Å². The van der Waals surface area contributed by atoms with E-state index in [4.69, 9.17) is 0 Å². The summed E-state index contributed by atoms with van der Waals surface area (Å²) in [7, 11) is -3.40. The molecule has 0 aliphatic carbocycles. The van der Waals surface area contributed by atoms with Gasteiger partial charge in [0, 0.05) is 18.3 Å². The molecule has 1 aromatic carbocycles. The molecular weight excluding hydrogens is 280 g/mol. The van der Waals surface area contributed by atoms with Crippen LogP contribution in [0.4, 0.5) is 0 Å². The van der Waals surface area contributed by atoms with Gasteiger partial charge in [-0.1, -0.05) is 19.1 Å². The molecule has 6 heteroatoms. The molecule has 1 rings (SSSR count). The van der Waals surface area contributed by atoms with Crippen molar-refractivity contribution < 1.29 is 8.42 Å². The predicted molar refractivity (Wildman–Crippen MR) is 82.0 cm³/mol. The summed E-state index contributed by atoms with van der Waals surface area (Å²) in [6, 6.07) is 6.93. The average molecular weight is 302 g/mol. The first-order valence-corrected chi connectivity index (χ1v) is 9.18. The molecule has 0 saturated carbocycles. The molecule has 19 heavy (non-hydrogen) atoms. The zero-order valence-electron chi connectivity index (χ0n) is 11.6. The van der Waals surface area contributed by atoms with Crippen LogP contribution in [0.15, 0.2) is 29.2 Å². The number of hydrogen-bond acceptors (Lipinski definition) is 4. The SMILES string of the molecule is CCNCc1ccc(S(=O)(=O)NC(C)CSC)cc1. The van der Waals surface area contributed by atoms with Crippen molar-refractivity contribution in [3.8, 4) is 0 Å². The van der Waals surface area contributed by atoms with Crippen LogP contribution in [0.5, 0.6) is 0 Å². The smallest absolute Gasteiger partial charge is 0.240 e. The second-order valence-corrected chi connectivity index (χ2v) is 7.03. The van der Waals surface area contributed by atoms with Crippen molar-refractivity contribution in [2.75, 3.05) is 18.6 Å². The number of benzene rings is 1. The van der Waals surface area contributed by atoms with E-state index in [1.807, 2.05) is 32.2 Å². The van der Waals surface area contributed by atoms with E-state index in [-0.39, 0.29) is 6.04 Å². The van der Waals surface area contributed by atoms with Gasteiger partial charge < -0.3 is 5.32 Å². The maximum atomic E-state index is 12.1. The molecule has 0 radical (unpaired) electrons. The summed E-state index contributed by atoms with van der Waals surface area (Å²) >= 11 is 1.62. The Labute approximate surface area is 120 Å². The first-order chi connectivity index (χ1) is 8.99. The molecule has 108 valence electrons. The molecule has 1 aromatic rings. The van der Waals surface area contributed by atoms with Crippen molar-refractivity contribution in [3.63, 3.8) is 0 Å². The van der Waals surface area contributed by atoms with Crippen LogP contribution in [0.25, 0.3) is 0 Å². The highest BCUT2D eigenvalue weighted by molar-refractivity contribution is 7.98. The molecule has 0 aromatic heterocycles. The Kier molecular flexibility index (Phi) is 6.85. The fraction of sp³-hybridized carbons (Fsp3) is 0.538. The van der Waals surface area contributed by atoms with Gasteiger partial charge in [-0.2, -0.15) is 11.8 Å². The van der Waals surface area contributed by atoms with Gasteiger partial charge in [-0.15, -0.1) is 0 Å². The summed E-state index contributed by atoms with van der Waals surface area (Å²) in [5.74, 6) is 0.762. The maximum Gasteiger partial charge on any atom is 0.240 e. The van der Waals surface area contributed by atoms with Gasteiger partial charge in [-0.3, -0.25) is 0 Å². The number of hydrogen-bond donors (Lipinski definition) is 2. The lowest BCUT2D eigenvalue weighted by molar-refractivity contribution is 0.571. The number of sulfonamides is 1. The van der Waals surface area contributed by atoms with Crippen molar-refractivity contribution in [1.29, 1.82) is 0 Å². The van der Waals surface area contributed by atoms with Crippen molar-refractivity contribution in [2.24, 2.45) is 0 Å². The van der Waals surface area contributed by atoms with E-state index in [1.54, 1.807) is 23.9 Å². The Hall–Kier alpha value is -0.560. The molecule has 0 heterocycles. The van der Waals surface area contributed by atoms with Crippen LogP contribution in [0, 0.1) is 0 Å². The van der Waals surface area contributed by atoms with Crippen molar-refractivity contribution in [2.45, 2.75) is 31.3 Å². The fourth-order valence-electron chi connectivity index (χ4n) is 1.67. The molecule has 0 aliphatic rings. The molecule has 0 bridgehead atoms. The van der Waals surface area contributed by atoms with Gasteiger partial charge in [0.1, 0.15) is 0 Å². The molecule has 2 N–H and O–H groups in total. The summed E-state index contributed by atoms with van der Waals surface area (Å²) in [4.78, 5) is 0.320. The normalized spacial score (nSPS) is 13.4. The minimum absolute atomic E-state index is 0.0681. The molecule has 1 atom stereocenters. The fourth-order valence-corrected chi connectivity index (χ4v) is 3.61. The van der Waals surface area contributed by atoms with Gasteiger partial charge in [0.15, 0.2) is 0 Å². The van der Waals surface area contributed by atoms with Crippen molar-refractivity contribution in [1.82, 2.24) is 10.0 Å². The Balaban J connectivity index is 2.73. The molecule has 1 unspecified atom stereocenters. The minimum atomic E-state index is -3.40. The molecule has 4 nitrogen and oxygen atoms in total. The van der Waals surface area contributed by atoms with E-state index in [0.717, 1.165) is 24.4 Å². The first kappa shape index (κ1) is 16.5. The van der Waals surface area contributed by atoms with Crippen LogP contribution in [-0.4, -0.2) is 33.0 Å². The van der Waals surface area contributed by atoms with E-state index in [1.165, 1.54) is 0 Å². The zero-order valence-corrected chi connectivity index (χ0v) is 13.3. The van der Waals surface area contributed by atoms with Crippen LogP contribution >= 0.6 is 11.8 Å². The summed E-state index contributed by atoms with van der Waals surface area (Å²) in [5.41, 5.74) is 1.08. The Morgan fingerprint density at radius 2 is 1.89 bits per heavy atom. The Bertz CT molecular complexity index is 472. The highest BCUT2D eigenvalue weighted by Crippen LogP contribution is 2.11. The van der Waals surface area contributed by atoms with Gasteiger partial charge >= 0.3 is 0 Å². The summed E-state index contributed by atoms with van der Waals surface area (Å²) in [6.45, 7) is 5.56. The van der Waals surface area contributed by atoms with Crippen LogP contribution in [0.2, 0.25) is 0 Å². The monoisotopic (exact) mass is 302 g/mol. The summed E-state index contributed by atoms with van der Waals surface area (Å²) < 4.78 is 26.9. The van der Waals surface area contributed by atoms with E-state index in [0.29, 0.717) is 4.90 Å². The van der Waals surface area contributed by atoms with Crippen LogP contribution in [0.1, 0.15) is 19.4 Å². The van der Waals surface area contributed by atoms with Crippen LogP contribution < -0.4 is 10.0 Å². The molecule has 0 fully saturated rings. The number of nitrogens with one attached hydrogen (secondary N) is 2. The quantitative estimate of drug-likeness (QED) is 0.769. The lowest BCUT2D eigenvalue weighted by Gasteiger charge is -2.13. The number of rotatable bonds is 8. The van der Waals surface area contributed by atoms with Crippen LogP contribution in [-0.2, 0) is 16.6 Å². The lowest BCUT2D eigenvalue weighted by Crippen LogP contribution is -2.34. The third kappa shape index (κ3) is 5.52. The van der Waals surface area contributed by atoms with Gasteiger partial charge in [-0.25, -0.2) is 13.1 Å². The first-order valence-electron chi connectivity index (χ1n) is 6.30. The highest BCUT2D eigenvalue weighted by Gasteiger charge is 2.16. The van der Waals surface area contributed by atoms with E-state index in [2.05, 4.69) is 10.0 Å². The predicted octanol–water partition coefficient (Wildman–Crippen LogP) is 1.83. The molecule has 0 aliphatic heterocycles. The summed E-state index contributed by atoms with van der Waals surface area (Å²) in [6.07, 6.45) is 1.96. The molecule has 0 spiro atoms. The Morgan fingerprint density at radius 1 is 1.26 bits per heavy atom. The third-order valence-electron chi connectivity index (χ3n) is 2.59. The zero-order chi connectivity index (χ0) is 14.3. The Morgan fingerprint density at radius 3 is 2.42 bits per heavy atom. The van der Waals surface area contributed by atoms with E-state index < -0.39 is 10.0 Å². The second-order valence-electron chi connectivity index (χ2n) is 4.40. The van der Waals surface area contributed by atoms with E-state index >= 15 is 0 Å². The van der Waals surface area contributed by atoms with Crippen molar-refractivity contribution in [3.05, 3.63) is 29.8 Å². The maximum absolute atomic E-state index is 12.1. The second kappa shape index (κ2) is 7.89. The van der Waals surface area contributed by atoms with Gasteiger partial charge in [0.25, 0.3) is 0 Å². The van der Waals surface area contributed by atoms with Crippen LogP contribution in [0.3, 0.4) is 0 Å². The van der Waals surface area contributed by atoms with Gasteiger partial charge in [0.05, 0.1) is 4.90 Å². The van der Waals surface area contributed by atoms with Crippen molar-refractivity contribution >= 4 is 21.8 Å². The molecular formula is C13H22N2O2S2. The van der Waals surface area contributed by atoms with Gasteiger partial charge in [0.2, 0.25) is 10.0 Å². The molecule has 0 amide bonds. The third-order valence-corrected chi connectivity index (χ3v) is 5.02. The lowest BCUT2D eigenvalue weighted by atomic mass is 10.2. The standard InChI is InChI=1S/C13H22N2O2S2/c1-4-14-9-12-5-7-13(8-6-12)19(16,17)15-11(2)10-18-3/h5-8,11,14-15H,4,9-10H2,1-3H3. The average Bonchev–Trinajstić information content (AvgIpc) is 2.36.